The molecule has 4 rings (SSSR count). The molecule has 0 spiro atoms. The topological polar surface area (TPSA) is 73.4 Å². The minimum atomic E-state index is 0.0784. The van der Waals surface area contributed by atoms with Crippen LogP contribution in [0, 0.1) is 20.8 Å². The van der Waals surface area contributed by atoms with Crippen molar-refractivity contribution in [3.8, 4) is 0 Å². The van der Waals surface area contributed by atoms with Gasteiger partial charge in [-0.2, -0.15) is 0 Å². The molecule has 1 aromatic carbocycles. The van der Waals surface area contributed by atoms with E-state index < -0.39 is 0 Å². The molecule has 1 atom stereocenters. The van der Waals surface area contributed by atoms with Crippen molar-refractivity contribution < 1.29 is 13.9 Å². The molecule has 0 N–H and O–H groups in total. The maximum Gasteiger partial charge on any atom is 0.227 e. The highest BCUT2D eigenvalue weighted by molar-refractivity contribution is 5.92. The molecule has 3 heterocycles. The Morgan fingerprint density at radius 1 is 1.29 bits per heavy atom. The predicted octanol–water partition coefficient (Wildman–Crippen LogP) is 3.24. The van der Waals surface area contributed by atoms with E-state index in [-0.39, 0.29) is 11.9 Å². The summed E-state index contributed by atoms with van der Waals surface area (Å²) in [5.41, 5.74) is 5.31. The highest BCUT2D eigenvalue weighted by Gasteiger charge is 2.29. The average molecular weight is 382 g/mol. The molecule has 0 radical (unpaired) electrons. The van der Waals surface area contributed by atoms with Gasteiger partial charge in [0.2, 0.25) is 5.91 Å². The number of methoxy groups -OCH3 is 1. The Kier molecular flexibility index (Phi) is 4.71. The number of benzene rings is 1. The Balaban J connectivity index is 1.58. The lowest BCUT2D eigenvalue weighted by atomic mass is 9.98. The van der Waals surface area contributed by atoms with E-state index in [2.05, 4.69) is 48.5 Å². The molecule has 2 aromatic heterocycles. The third-order valence-corrected chi connectivity index (χ3v) is 5.69. The van der Waals surface area contributed by atoms with Crippen LogP contribution in [0.4, 0.5) is 0 Å². The quantitative estimate of drug-likeness (QED) is 0.693. The third-order valence-electron chi connectivity index (χ3n) is 5.69. The largest absolute Gasteiger partial charge is 0.464 e. The number of nitrogens with zero attached hydrogens (tertiary/aromatic N) is 4. The molecule has 7 heteroatoms. The van der Waals surface area contributed by atoms with Gasteiger partial charge in [-0.05, 0) is 44.4 Å². The van der Waals surface area contributed by atoms with Crippen LogP contribution >= 0.6 is 0 Å². The standard InChI is InChI=1S/C21H26N4O3/c1-12-6-13(2)20-16(10-28-21(20)15(12)4)7-19(26)24-8-14(3)25-17(9-24)22-23-18(25)11-27-5/h6,10,14H,7-9,11H2,1-5H3/t14-/m0/s1. The molecular weight excluding hydrogens is 356 g/mol. The molecule has 1 aliphatic heterocycles. The molecule has 1 aliphatic rings. The summed E-state index contributed by atoms with van der Waals surface area (Å²) in [5, 5.41) is 9.54. The monoisotopic (exact) mass is 382 g/mol. The van der Waals surface area contributed by atoms with E-state index in [4.69, 9.17) is 9.15 Å². The zero-order valence-electron chi connectivity index (χ0n) is 17.1. The maximum atomic E-state index is 13.1. The third kappa shape index (κ3) is 2.99. The fraction of sp³-hybridized carbons (Fsp3) is 0.476. The van der Waals surface area contributed by atoms with Crippen LogP contribution < -0.4 is 0 Å². The predicted molar refractivity (Wildman–Crippen MR) is 105 cm³/mol. The highest BCUT2D eigenvalue weighted by Crippen LogP contribution is 2.31. The summed E-state index contributed by atoms with van der Waals surface area (Å²) in [4.78, 5) is 14.9. The van der Waals surface area contributed by atoms with Gasteiger partial charge in [0.1, 0.15) is 12.2 Å². The summed E-state index contributed by atoms with van der Waals surface area (Å²) in [5.74, 6) is 1.69. The minimum Gasteiger partial charge on any atom is -0.464 e. The van der Waals surface area contributed by atoms with Gasteiger partial charge in [-0.15, -0.1) is 10.2 Å². The van der Waals surface area contributed by atoms with E-state index in [1.807, 2.05) is 4.90 Å². The van der Waals surface area contributed by atoms with Gasteiger partial charge in [0.15, 0.2) is 11.6 Å². The van der Waals surface area contributed by atoms with Crippen molar-refractivity contribution in [3.63, 3.8) is 0 Å². The van der Waals surface area contributed by atoms with Crippen LogP contribution in [-0.2, 0) is 29.1 Å². The van der Waals surface area contributed by atoms with Gasteiger partial charge in [0.25, 0.3) is 0 Å². The summed E-state index contributed by atoms with van der Waals surface area (Å²) in [6.45, 7) is 9.81. The van der Waals surface area contributed by atoms with Gasteiger partial charge >= 0.3 is 0 Å². The van der Waals surface area contributed by atoms with Gasteiger partial charge in [0.05, 0.1) is 25.3 Å². The lowest BCUT2D eigenvalue weighted by Crippen LogP contribution is -2.41. The summed E-state index contributed by atoms with van der Waals surface area (Å²) in [6, 6.07) is 2.27. The normalized spacial score (nSPS) is 16.6. The van der Waals surface area contributed by atoms with E-state index in [1.165, 1.54) is 5.56 Å². The number of furan rings is 1. The maximum absolute atomic E-state index is 13.1. The number of carbonyl (C=O) groups is 1. The molecule has 28 heavy (non-hydrogen) atoms. The second-order valence-electron chi connectivity index (χ2n) is 7.74. The van der Waals surface area contributed by atoms with Crippen LogP contribution in [0.5, 0.6) is 0 Å². The van der Waals surface area contributed by atoms with Crippen molar-refractivity contribution in [2.24, 2.45) is 0 Å². The average Bonchev–Trinajstić information content (AvgIpc) is 3.25. The molecule has 0 saturated heterocycles. The Bertz CT molecular complexity index is 1050. The molecule has 1 amide bonds. The van der Waals surface area contributed by atoms with Crippen molar-refractivity contribution >= 4 is 16.9 Å². The van der Waals surface area contributed by atoms with Crippen LogP contribution in [0.3, 0.4) is 0 Å². The summed E-state index contributed by atoms with van der Waals surface area (Å²) >= 11 is 0. The molecule has 148 valence electrons. The number of aromatic nitrogens is 3. The first-order valence-corrected chi connectivity index (χ1v) is 9.57. The first kappa shape index (κ1) is 18.7. The molecule has 0 fully saturated rings. The minimum absolute atomic E-state index is 0.0784. The zero-order valence-corrected chi connectivity index (χ0v) is 17.1. The van der Waals surface area contributed by atoms with Crippen molar-refractivity contribution in [3.05, 3.63) is 46.2 Å². The Labute approximate surface area is 164 Å². The summed E-state index contributed by atoms with van der Waals surface area (Å²) < 4.78 is 13.1. The van der Waals surface area contributed by atoms with Gasteiger partial charge in [-0.1, -0.05) is 6.07 Å². The van der Waals surface area contributed by atoms with Gasteiger partial charge < -0.3 is 18.6 Å². The Morgan fingerprint density at radius 3 is 2.82 bits per heavy atom. The van der Waals surface area contributed by atoms with Crippen LogP contribution in [0.2, 0.25) is 0 Å². The van der Waals surface area contributed by atoms with Crippen molar-refractivity contribution in [1.82, 2.24) is 19.7 Å². The second kappa shape index (κ2) is 7.05. The number of hydrogen-bond donors (Lipinski definition) is 0. The number of carbonyl (C=O) groups excluding carboxylic acids is 1. The second-order valence-corrected chi connectivity index (χ2v) is 7.74. The molecule has 0 bridgehead atoms. The molecular formula is C21H26N4O3. The van der Waals surface area contributed by atoms with Crippen LogP contribution in [0.15, 0.2) is 16.7 Å². The smallest absolute Gasteiger partial charge is 0.227 e. The highest BCUT2D eigenvalue weighted by atomic mass is 16.5. The molecule has 0 saturated carbocycles. The Hall–Kier alpha value is -2.67. The number of fused-ring (bicyclic) bond motifs is 2. The number of aryl methyl sites for hydroxylation is 3. The van der Waals surface area contributed by atoms with Crippen LogP contribution in [-0.4, -0.2) is 39.2 Å². The number of amides is 1. The fourth-order valence-corrected chi connectivity index (χ4v) is 4.22. The van der Waals surface area contributed by atoms with E-state index in [0.717, 1.165) is 39.3 Å². The van der Waals surface area contributed by atoms with Crippen molar-refractivity contribution in [2.75, 3.05) is 13.7 Å². The summed E-state index contributed by atoms with van der Waals surface area (Å²) in [7, 11) is 1.64. The fourth-order valence-electron chi connectivity index (χ4n) is 4.22. The Morgan fingerprint density at radius 2 is 2.07 bits per heavy atom. The zero-order chi connectivity index (χ0) is 20.0. The van der Waals surface area contributed by atoms with E-state index in [1.54, 1.807) is 13.4 Å². The van der Waals surface area contributed by atoms with Crippen LogP contribution in [0.25, 0.3) is 11.0 Å². The number of hydrogen-bond acceptors (Lipinski definition) is 5. The van der Waals surface area contributed by atoms with Crippen molar-refractivity contribution in [1.29, 1.82) is 0 Å². The van der Waals surface area contributed by atoms with Crippen LogP contribution in [0.1, 0.15) is 46.9 Å². The summed E-state index contributed by atoms with van der Waals surface area (Å²) in [6.07, 6.45) is 2.05. The lowest BCUT2D eigenvalue weighted by molar-refractivity contribution is -0.132. The van der Waals surface area contributed by atoms with Gasteiger partial charge in [-0.25, -0.2) is 0 Å². The van der Waals surface area contributed by atoms with E-state index >= 15 is 0 Å². The molecule has 7 nitrogen and oxygen atoms in total. The van der Waals surface area contributed by atoms with E-state index in [0.29, 0.717) is 26.1 Å². The first-order valence-electron chi connectivity index (χ1n) is 9.57. The molecule has 0 aliphatic carbocycles. The number of rotatable bonds is 4. The molecule has 0 unspecified atom stereocenters. The van der Waals surface area contributed by atoms with Gasteiger partial charge in [-0.3, -0.25) is 4.79 Å². The molecule has 3 aromatic rings. The van der Waals surface area contributed by atoms with E-state index in [9.17, 15) is 4.79 Å². The lowest BCUT2D eigenvalue weighted by Gasteiger charge is -2.32. The SMILES string of the molecule is COCc1nnc2n1[C@@H](C)CN(C(=O)Cc1coc3c(C)c(C)cc(C)c13)C2. The van der Waals surface area contributed by atoms with Crippen molar-refractivity contribution in [2.45, 2.75) is 53.3 Å². The first-order chi connectivity index (χ1) is 13.4. The number of ether oxygens (including phenoxy) is 1. The van der Waals surface area contributed by atoms with Gasteiger partial charge in [0, 0.05) is 24.6 Å².